The van der Waals surface area contributed by atoms with Gasteiger partial charge in [0.15, 0.2) is 8.03 Å². The molecule has 0 aromatic heterocycles. The van der Waals surface area contributed by atoms with Crippen molar-refractivity contribution in [2.75, 3.05) is 26.0 Å². The first-order valence-corrected chi connectivity index (χ1v) is 5.57. The van der Waals surface area contributed by atoms with Gasteiger partial charge in [-0.2, -0.15) is 0 Å². The highest BCUT2D eigenvalue weighted by molar-refractivity contribution is 7.39. The summed E-state index contributed by atoms with van der Waals surface area (Å²) in [5, 5.41) is 0. The average molecular weight is 180 g/mol. The van der Waals surface area contributed by atoms with Gasteiger partial charge in [-0.1, -0.05) is 13.8 Å². The van der Waals surface area contributed by atoms with Crippen molar-refractivity contribution in [3.63, 3.8) is 0 Å². The molecule has 0 N–H and O–H groups in total. The minimum Gasteiger partial charge on any atom is -0.379 e. The molecule has 0 bridgehead atoms. The first-order valence-electron chi connectivity index (χ1n) is 4.04. The van der Waals surface area contributed by atoms with Crippen LogP contribution in [0.1, 0.15) is 20.3 Å². The van der Waals surface area contributed by atoms with Crippen molar-refractivity contribution in [2.24, 2.45) is 0 Å². The van der Waals surface area contributed by atoms with Gasteiger partial charge in [0.25, 0.3) is 0 Å². The summed E-state index contributed by atoms with van der Waals surface area (Å²) in [6, 6.07) is 0. The zero-order valence-electron chi connectivity index (χ0n) is 7.26. The molecular formula is C7H17O3P. The molecule has 0 aliphatic heterocycles. The molecule has 0 saturated carbocycles. The first-order chi connectivity index (χ1) is 5.31. The Bertz CT molecular complexity index is 106. The smallest absolute Gasteiger partial charge is 0.191 e. The highest BCUT2D eigenvalue weighted by Gasteiger charge is 1.93. The Hall–Kier alpha value is 0.150. The largest absolute Gasteiger partial charge is 0.379 e. The second-order valence-electron chi connectivity index (χ2n) is 2.19. The molecule has 1 unspecified atom stereocenters. The highest BCUT2D eigenvalue weighted by atomic mass is 31.1. The van der Waals surface area contributed by atoms with Crippen LogP contribution in [-0.2, 0) is 13.8 Å². The Labute approximate surface area is 68.9 Å². The topological polar surface area (TPSA) is 35.5 Å². The van der Waals surface area contributed by atoms with E-state index in [1.165, 1.54) is 0 Å². The molecule has 0 rings (SSSR count). The number of rotatable bonds is 7. The maximum absolute atomic E-state index is 10.8. The second kappa shape index (κ2) is 8.25. The van der Waals surface area contributed by atoms with E-state index < -0.39 is 8.03 Å². The van der Waals surface area contributed by atoms with Crippen molar-refractivity contribution >= 4 is 8.03 Å². The molecule has 0 saturated heterocycles. The van der Waals surface area contributed by atoms with E-state index in [0.717, 1.165) is 13.0 Å². The molecule has 0 heterocycles. The fourth-order valence-corrected chi connectivity index (χ4v) is 1.08. The molecule has 68 valence electrons. The predicted octanol–water partition coefficient (Wildman–Crippen LogP) is 1.92. The third-order valence-electron chi connectivity index (χ3n) is 1.13. The number of hydrogen-bond donors (Lipinski definition) is 0. The Balaban J connectivity index is 2.95. The summed E-state index contributed by atoms with van der Waals surface area (Å²) in [6.45, 7) is 5.69. The van der Waals surface area contributed by atoms with E-state index in [1.54, 1.807) is 0 Å². The van der Waals surface area contributed by atoms with Crippen molar-refractivity contribution in [3.05, 3.63) is 0 Å². The second-order valence-corrected chi connectivity index (χ2v) is 3.93. The fourth-order valence-electron chi connectivity index (χ4n) is 0.563. The lowest BCUT2D eigenvalue weighted by Gasteiger charge is -2.02. The van der Waals surface area contributed by atoms with Crippen LogP contribution in [0.25, 0.3) is 0 Å². The lowest BCUT2D eigenvalue weighted by atomic mass is 10.5. The number of ether oxygens (including phenoxy) is 1. The molecule has 3 nitrogen and oxygen atoms in total. The van der Waals surface area contributed by atoms with E-state index in [-0.39, 0.29) is 0 Å². The first kappa shape index (κ1) is 11.2. The van der Waals surface area contributed by atoms with Crippen LogP contribution in [0.2, 0.25) is 0 Å². The molecule has 11 heavy (non-hydrogen) atoms. The third kappa shape index (κ3) is 8.05. The zero-order chi connectivity index (χ0) is 8.53. The van der Waals surface area contributed by atoms with Gasteiger partial charge in [-0.25, -0.2) is 0 Å². The van der Waals surface area contributed by atoms with Crippen LogP contribution < -0.4 is 0 Å². The maximum Gasteiger partial charge on any atom is 0.191 e. The summed E-state index contributed by atoms with van der Waals surface area (Å²) < 4.78 is 20.8. The Morgan fingerprint density at radius 3 is 2.45 bits per heavy atom. The minimum atomic E-state index is -1.75. The van der Waals surface area contributed by atoms with Crippen LogP contribution in [0, 0.1) is 0 Å². The van der Waals surface area contributed by atoms with Crippen molar-refractivity contribution < 1.29 is 13.8 Å². The molecule has 4 heteroatoms. The van der Waals surface area contributed by atoms with Gasteiger partial charge in [0.1, 0.15) is 0 Å². The van der Waals surface area contributed by atoms with Gasteiger partial charge in [0.05, 0.1) is 13.2 Å². The van der Waals surface area contributed by atoms with E-state index in [1.807, 2.05) is 6.92 Å². The van der Waals surface area contributed by atoms with E-state index >= 15 is 0 Å². The molecule has 0 aliphatic carbocycles. The summed E-state index contributed by atoms with van der Waals surface area (Å²) in [5.74, 6) is 0. The van der Waals surface area contributed by atoms with Crippen LogP contribution in [-0.4, -0.2) is 26.0 Å². The van der Waals surface area contributed by atoms with Crippen LogP contribution in [0.3, 0.4) is 0 Å². The van der Waals surface area contributed by atoms with Gasteiger partial charge in [-0.15, -0.1) is 0 Å². The van der Waals surface area contributed by atoms with Crippen molar-refractivity contribution in [1.29, 1.82) is 0 Å². The van der Waals surface area contributed by atoms with Gasteiger partial charge in [-0.3, -0.25) is 4.57 Å². The average Bonchev–Trinajstić information content (AvgIpc) is 2.04. The normalized spacial score (nSPS) is 13.3. The lowest BCUT2D eigenvalue weighted by molar-refractivity contribution is 0.103. The monoisotopic (exact) mass is 180 g/mol. The van der Waals surface area contributed by atoms with Gasteiger partial charge in [-0.05, 0) is 6.42 Å². The standard InChI is InChI=1S/C7H17O3P/c1-3-5-9-6-7-10-11(8)4-2/h11H,3-7H2,1-2H3. The zero-order valence-corrected chi connectivity index (χ0v) is 8.26. The Morgan fingerprint density at radius 1 is 1.18 bits per heavy atom. The van der Waals surface area contributed by atoms with Crippen LogP contribution >= 0.6 is 8.03 Å². The van der Waals surface area contributed by atoms with Gasteiger partial charge in [0.2, 0.25) is 0 Å². The molecule has 0 aliphatic rings. The van der Waals surface area contributed by atoms with Crippen molar-refractivity contribution in [1.82, 2.24) is 0 Å². The Morgan fingerprint density at radius 2 is 1.91 bits per heavy atom. The minimum absolute atomic E-state index is 0.464. The Kier molecular flexibility index (Phi) is 8.36. The van der Waals surface area contributed by atoms with Gasteiger partial charge in [0, 0.05) is 12.8 Å². The van der Waals surface area contributed by atoms with E-state index in [0.29, 0.717) is 19.4 Å². The lowest BCUT2D eigenvalue weighted by Crippen LogP contribution is -2.01. The van der Waals surface area contributed by atoms with E-state index in [4.69, 9.17) is 9.26 Å². The van der Waals surface area contributed by atoms with Crippen molar-refractivity contribution in [3.8, 4) is 0 Å². The third-order valence-corrected chi connectivity index (χ3v) is 2.23. The molecule has 0 aromatic carbocycles. The van der Waals surface area contributed by atoms with E-state index in [2.05, 4.69) is 6.92 Å². The van der Waals surface area contributed by atoms with Crippen LogP contribution in [0.4, 0.5) is 0 Å². The van der Waals surface area contributed by atoms with E-state index in [9.17, 15) is 4.57 Å². The summed E-state index contributed by atoms with van der Waals surface area (Å²) in [4.78, 5) is 0. The summed E-state index contributed by atoms with van der Waals surface area (Å²) in [7, 11) is -1.75. The molecule has 0 radical (unpaired) electrons. The quantitative estimate of drug-likeness (QED) is 0.443. The summed E-state index contributed by atoms with van der Waals surface area (Å²) in [5.41, 5.74) is 0. The molecule has 0 fully saturated rings. The van der Waals surface area contributed by atoms with Gasteiger partial charge >= 0.3 is 0 Å². The SMILES string of the molecule is CCCOCCO[PH](=O)CC. The van der Waals surface area contributed by atoms with Gasteiger partial charge < -0.3 is 9.26 Å². The molecular weight excluding hydrogens is 163 g/mol. The molecule has 0 aromatic rings. The van der Waals surface area contributed by atoms with Crippen molar-refractivity contribution in [2.45, 2.75) is 20.3 Å². The molecule has 1 atom stereocenters. The number of hydrogen-bond acceptors (Lipinski definition) is 3. The predicted molar refractivity (Wildman–Crippen MR) is 46.6 cm³/mol. The molecule has 0 spiro atoms. The summed E-state index contributed by atoms with van der Waals surface area (Å²) >= 11 is 0. The van der Waals surface area contributed by atoms with Crippen LogP contribution in [0.5, 0.6) is 0 Å². The summed E-state index contributed by atoms with van der Waals surface area (Å²) in [6.07, 6.45) is 1.64. The van der Waals surface area contributed by atoms with Crippen LogP contribution in [0.15, 0.2) is 0 Å². The maximum atomic E-state index is 10.8. The highest BCUT2D eigenvalue weighted by Crippen LogP contribution is 2.19. The molecule has 0 amide bonds. The fraction of sp³-hybridized carbons (Fsp3) is 1.00.